The Morgan fingerprint density at radius 2 is 2.24 bits per heavy atom. The molecule has 0 saturated carbocycles. The summed E-state index contributed by atoms with van der Waals surface area (Å²) >= 11 is 1.62. The van der Waals surface area contributed by atoms with E-state index < -0.39 is 0 Å². The maximum absolute atomic E-state index is 4.73. The van der Waals surface area contributed by atoms with E-state index in [1.807, 2.05) is 16.6 Å². The van der Waals surface area contributed by atoms with Crippen molar-refractivity contribution in [2.24, 2.45) is 0 Å². The van der Waals surface area contributed by atoms with Crippen molar-refractivity contribution < 1.29 is 0 Å². The minimum Gasteiger partial charge on any atom is -0.308 e. The highest BCUT2D eigenvalue weighted by Crippen LogP contribution is 2.28. The number of rotatable bonds is 2. The summed E-state index contributed by atoms with van der Waals surface area (Å²) in [6, 6.07) is 4.23. The first kappa shape index (κ1) is 12.8. The minimum absolute atomic E-state index is 0.348. The van der Waals surface area contributed by atoms with Crippen molar-refractivity contribution >= 4 is 16.3 Å². The molecule has 7 heteroatoms. The third-order valence-corrected chi connectivity index (χ3v) is 4.80. The molecule has 1 aliphatic heterocycles. The fourth-order valence-electron chi connectivity index (χ4n) is 2.69. The van der Waals surface area contributed by atoms with E-state index in [1.54, 1.807) is 23.7 Å². The molecule has 1 aliphatic rings. The summed E-state index contributed by atoms with van der Waals surface area (Å²) in [7, 11) is 0. The highest BCUT2D eigenvalue weighted by atomic mass is 32.1. The fourth-order valence-corrected chi connectivity index (χ4v) is 3.64. The predicted molar refractivity (Wildman–Crippen MR) is 81.1 cm³/mol. The number of hydrogen-bond acceptors (Lipinski definition) is 6. The largest absolute Gasteiger partial charge is 0.308 e. The third kappa shape index (κ3) is 2.43. The number of nitrogens with one attached hydrogen (secondary N) is 1. The Balaban J connectivity index is 1.72. The molecule has 6 nitrogen and oxygen atoms in total. The lowest BCUT2D eigenvalue weighted by molar-refractivity contribution is 0.526. The van der Waals surface area contributed by atoms with Gasteiger partial charge in [-0.3, -0.25) is 4.98 Å². The number of hydrogen-bond donors (Lipinski definition) is 1. The highest BCUT2D eigenvalue weighted by molar-refractivity contribution is 7.16. The Labute approximate surface area is 126 Å². The second kappa shape index (κ2) is 5.50. The number of aromatic nitrogens is 5. The van der Waals surface area contributed by atoms with Gasteiger partial charge in [0.25, 0.3) is 0 Å². The fraction of sp³-hybridized carbons (Fsp3) is 0.429. The third-order valence-electron chi connectivity index (χ3n) is 3.78. The SMILES string of the molecule is c1cncc(-c2nnc3sc(C4CCCCCN4)nn23)c1. The molecule has 3 aromatic heterocycles. The Morgan fingerprint density at radius 1 is 1.24 bits per heavy atom. The molecule has 21 heavy (non-hydrogen) atoms. The normalized spacial score (nSPS) is 19.7. The first-order valence-corrected chi connectivity index (χ1v) is 8.09. The number of fused-ring (bicyclic) bond motifs is 1. The molecule has 0 spiro atoms. The summed E-state index contributed by atoms with van der Waals surface area (Å²) in [5.74, 6) is 0.759. The van der Waals surface area contributed by atoms with Crippen LogP contribution in [0.2, 0.25) is 0 Å². The van der Waals surface area contributed by atoms with Crippen molar-refractivity contribution in [1.82, 2.24) is 30.1 Å². The molecule has 4 heterocycles. The molecule has 0 aromatic carbocycles. The maximum Gasteiger partial charge on any atom is 0.235 e. The van der Waals surface area contributed by atoms with Crippen LogP contribution in [0.4, 0.5) is 0 Å². The van der Waals surface area contributed by atoms with Gasteiger partial charge < -0.3 is 5.32 Å². The van der Waals surface area contributed by atoms with E-state index in [4.69, 9.17) is 5.10 Å². The van der Waals surface area contributed by atoms with Gasteiger partial charge in [0.2, 0.25) is 4.96 Å². The van der Waals surface area contributed by atoms with E-state index in [-0.39, 0.29) is 0 Å². The Morgan fingerprint density at radius 3 is 3.14 bits per heavy atom. The van der Waals surface area contributed by atoms with E-state index in [2.05, 4.69) is 20.5 Å². The molecule has 4 rings (SSSR count). The zero-order valence-corrected chi connectivity index (χ0v) is 12.4. The summed E-state index contributed by atoms with van der Waals surface area (Å²) in [5, 5.41) is 17.9. The Kier molecular flexibility index (Phi) is 3.36. The van der Waals surface area contributed by atoms with E-state index >= 15 is 0 Å². The summed E-state index contributed by atoms with van der Waals surface area (Å²) in [6.45, 7) is 1.07. The van der Waals surface area contributed by atoms with Gasteiger partial charge in [0.05, 0.1) is 6.04 Å². The van der Waals surface area contributed by atoms with Gasteiger partial charge in [-0.25, -0.2) is 0 Å². The minimum atomic E-state index is 0.348. The first-order valence-electron chi connectivity index (χ1n) is 7.28. The molecular formula is C14H16N6S. The van der Waals surface area contributed by atoms with Crippen LogP contribution >= 0.6 is 11.3 Å². The van der Waals surface area contributed by atoms with Gasteiger partial charge in [0.15, 0.2) is 5.82 Å². The number of nitrogens with zero attached hydrogens (tertiary/aromatic N) is 5. The van der Waals surface area contributed by atoms with E-state index in [1.165, 1.54) is 19.3 Å². The lowest BCUT2D eigenvalue weighted by Gasteiger charge is -2.11. The molecule has 1 atom stereocenters. The van der Waals surface area contributed by atoms with Crippen molar-refractivity contribution in [2.75, 3.05) is 6.54 Å². The van der Waals surface area contributed by atoms with Crippen molar-refractivity contribution in [1.29, 1.82) is 0 Å². The first-order chi connectivity index (χ1) is 10.4. The van der Waals surface area contributed by atoms with E-state index in [0.717, 1.165) is 34.3 Å². The average Bonchev–Trinajstić information content (AvgIpc) is 2.99. The zero-order chi connectivity index (χ0) is 14.1. The molecule has 1 unspecified atom stereocenters. The lowest BCUT2D eigenvalue weighted by atomic mass is 10.1. The van der Waals surface area contributed by atoms with E-state index in [0.29, 0.717) is 6.04 Å². The van der Waals surface area contributed by atoms with E-state index in [9.17, 15) is 0 Å². The van der Waals surface area contributed by atoms with Crippen molar-refractivity contribution in [3.8, 4) is 11.4 Å². The van der Waals surface area contributed by atoms with Crippen LogP contribution in [0.3, 0.4) is 0 Å². The van der Waals surface area contributed by atoms with Crippen LogP contribution in [-0.4, -0.2) is 31.3 Å². The Hall–Kier alpha value is -1.86. The van der Waals surface area contributed by atoms with Gasteiger partial charge in [-0.05, 0) is 31.5 Å². The topological polar surface area (TPSA) is 68.0 Å². The van der Waals surface area contributed by atoms with Crippen molar-refractivity contribution in [3.63, 3.8) is 0 Å². The van der Waals surface area contributed by atoms with Crippen molar-refractivity contribution in [3.05, 3.63) is 29.5 Å². The summed E-state index contributed by atoms with van der Waals surface area (Å²) in [6.07, 6.45) is 8.50. The second-order valence-corrected chi connectivity index (χ2v) is 6.24. The van der Waals surface area contributed by atoms with Crippen LogP contribution < -0.4 is 5.32 Å². The summed E-state index contributed by atoms with van der Waals surface area (Å²) < 4.78 is 1.84. The van der Waals surface area contributed by atoms with Crippen LogP contribution in [0.5, 0.6) is 0 Å². The van der Waals surface area contributed by atoms with Crippen LogP contribution in [0.25, 0.3) is 16.3 Å². The van der Waals surface area contributed by atoms with Gasteiger partial charge in [0, 0.05) is 18.0 Å². The van der Waals surface area contributed by atoms with Gasteiger partial charge >= 0.3 is 0 Å². The molecular weight excluding hydrogens is 284 g/mol. The molecule has 108 valence electrons. The standard InChI is InChI=1S/C14H16N6S/c1-2-6-11(16-8-3-1)13-19-20-12(17-18-14(20)21-13)10-5-4-7-15-9-10/h4-5,7,9,11,16H,1-3,6,8H2. The van der Waals surface area contributed by atoms with Gasteiger partial charge in [0.1, 0.15) is 5.01 Å². The summed E-state index contributed by atoms with van der Waals surface area (Å²) in [5.41, 5.74) is 0.940. The molecule has 0 aliphatic carbocycles. The smallest absolute Gasteiger partial charge is 0.235 e. The number of pyridine rings is 1. The molecule has 0 radical (unpaired) electrons. The van der Waals surface area contributed by atoms with Crippen LogP contribution in [0.15, 0.2) is 24.5 Å². The highest BCUT2D eigenvalue weighted by Gasteiger charge is 2.20. The second-order valence-electron chi connectivity index (χ2n) is 5.26. The molecule has 1 fully saturated rings. The Bertz CT molecular complexity index is 726. The molecule has 1 saturated heterocycles. The van der Waals surface area contributed by atoms with Crippen molar-refractivity contribution in [2.45, 2.75) is 31.7 Å². The molecule has 0 amide bonds. The lowest BCUT2D eigenvalue weighted by Crippen LogP contribution is -2.20. The van der Waals surface area contributed by atoms with Gasteiger partial charge in [-0.1, -0.05) is 24.2 Å². The summed E-state index contributed by atoms with van der Waals surface area (Å²) in [4.78, 5) is 4.98. The predicted octanol–water partition coefficient (Wildman–Crippen LogP) is 2.45. The molecule has 0 bridgehead atoms. The molecule has 1 N–H and O–H groups in total. The zero-order valence-electron chi connectivity index (χ0n) is 11.6. The molecule has 3 aromatic rings. The van der Waals surface area contributed by atoms with Crippen LogP contribution in [0, 0.1) is 0 Å². The van der Waals surface area contributed by atoms with Crippen LogP contribution in [0.1, 0.15) is 36.7 Å². The van der Waals surface area contributed by atoms with Crippen LogP contribution in [-0.2, 0) is 0 Å². The average molecular weight is 300 g/mol. The van der Waals surface area contributed by atoms with Gasteiger partial charge in [-0.15, -0.1) is 10.2 Å². The quantitative estimate of drug-likeness (QED) is 0.787. The monoisotopic (exact) mass is 300 g/mol. The van der Waals surface area contributed by atoms with Gasteiger partial charge in [-0.2, -0.15) is 9.61 Å². The maximum atomic E-state index is 4.73.